The lowest BCUT2D eigenvalue weighted by Crippen LogP contribution is -2.51. The molecule has 0 radical (unpaired) electrons. The molecule has 3 atom stereocenters. The molecule has 3 unspecified atom stereocenters. The second-order valence-corrected chi connectivity index (χ2v) is 8.68. The van der Waals surface area contributed by atoms with Crippen molar-refractivity contribution in [3.05, 3.63) is 44.1 Å². The highest BCUT2D eigenvalue weighted by Gasteiger charge is 2.33. The number of carbonyl (C=O) groups excluding carboxylic acids is 1. The third-order valence-corrected chi connectivity index (χ3v) is 6.27. The van der Waals surface area contributed by atoms with Crippen molar-refractivity contribution in [1.29, 1.82) is 0 Å². The van der Waals surface area contributed by atoms with E-state index in [-0.39, 0.29) is 23.2 Å². The Kier molecular flexibility index (Phi) is 6.54. The first-order valence-corrected chi connectivity index (χ1v) is 10.4. The summed E-state index contributed by atoms with van der Waals surface area (Å²) < 4.78 is 35.1. The Morgan fingerprint density at radius 2 is 2.06 bits per heavy atom. The number of nitrogens with zero attached hydrogens (tertiary/aromatic N) is 2. The van der Waals surface area contributed by atoms with Gasteiger partial charge in [-0.15, -0.1) is 0 Å². The number of allylic oxidation sites excluding steroid dienone is 2. The van der Waals surface area contributed by atoms with Gasteiger partial charge in [0.1, 0.15) is 23.8 Å². The molecule has 0 spiro atoms. The SMILES string of the molecule is CC1=c2/c(=C\C(F)=C(/C)N3CC(N)C(C(C)C)C3)c(=O)c(C(=O)OF)cn2C(C)CO1. The van der Waals surface area contributed by atoms with Gasteiger partial charge < -0.3 is 19.9 Å². The average Bonchev–Trinajstić information content (AvgIpc) is 3.12. The van der Waals surface area contributed by atoms with Gasteiger partial charge in [0.25, 0.3) is 0 Å². The van der Waals surface area contributed by atoms with Gasteiger partial charge in [0.2, 0.25) is 5.43 Å². The quantitative estimate of drug-likeness (QED) is 0.769. The maximum absolute atomic E-state index is 15.3. The Morgan fingerprint density at radius 1 is 1.39 bits per heavy atom. The van der Waals surface area contributed by atoms with Crippen molar-refractivity contribution in [2.45, 2.75) is 46.7 Å². The van der Waals surface area contributed by atoms with Crippen molar-refractivity contribution in [2.75, 3.05) is 19.7 Å². The number of nitrogens with two attached hydrogens (primary N) is 1. The third kappa shape index (κ3) is 4.23. The highest BCUT2D eigenvalue weighted by atomic mass is 19.3. The van der Waals surface area contributed by atoms with Crippen LogP contribution < -0.4 is 21.7 Å². The molecule has 3 rings (SSSR count). The summed E-state index contributed by atoms with van der Waals surface area (Å²) >= 11 is 0. The van der Waals surface area contributed by atoms with Crippen molar-refractivity contribution in [2.24, 2.45) is 17.6 Å². The zero-order chi connectivity index (χ0) is 23.0. The lowest BCUT2D eigenvalue weighted by molar-refractivity contribution is -0.0790. The second-order valence-electron chi connectivity index (χ2n) is 8.68. The predicted molar refractivity (Wildman–Crippen MR) is 112 cm³/mol. The van der Waals surface area contributed by atoms with E-state index < -0.39 is 22.8 Å². The first kappa shape index (κ1) is 23.0. The van der Waals surface area contributed by atoms with Crippen LogP contribution in [-0.4, -0.2) is 41.2 Å². The number of pyridine rings is 1. The van der Waals surface area contributed by atoms with Gasteiger partial charge in [-0.3, -0.25) is 4.79 Å². The number of aromatic nitrogens is 1. The van der Waals surface area contributed by atoms with Crippen LogP contribution >= 0.6 is 0 Å². The molecule has 0 bridgehead atoms. The normalized spacial score (nSPS) is 24.8. The summed E-state index contributed by atoms with van der Waals surface area (Å²) in [6, 6.07) is -0.331. The van der Waals surface area contributed by atoms with Crippen LogP contribution in [0.5, 0.6) is 0 Å². The summed E-state index contributed by atoms with van der Waals surface area (Å²) in [7, 11) is 0. The summed E-state index contributed by atoms with van der Waals surface area (Å²) in [5.41, 5.74) is 5.23. The molecule has 1 aromatic heterocycles. The zero-order valence-corrected chi connectivity index (χ0v) is 18.4. The number of hydrogen-bond donors (Lipinski definition) is 1. The minimum atomic E-state index is -1.42. The topological polar surface area (TPSA) is 86.8 Å². The van der Waals surface area contributed by atoms with Crippen LogP contribution in [0.2, 0.25) is 0 Å². The van der Waals surface area contributed by atoms with Gasteiger partial charge in [-0.2, -0.15) is 0 Å². The Bertz CT molecular complexity index is 1090. The van der Waals surface area contributed by atoms with Crippen LogP contribution in [0.3, 0.4) is 0 Å². The molecule has 7 nitrogen and oxygen atoms in total. The van der Waals surface area contributed by atoms with Gasteiger partial charge in [0.05, 0.1) is 16.6 Å². The molecule has 0 aromatic carbocycles. The smallest absolute Gasteiger partial charge is 0.384 e. The molecule has 9 heteroatoms. The van der Waals surface area contributed by atoms with Crippen LogP contribution in [0.15, 0.2) is 22.5 Å². The Balaban J connectivity index is 2.21. The standard InChI is InChI=1S/C22H29F2N3O4/c1-11(2)16-7-26(9-19(16)25)13(4)18(23)6-15-20-14(5)30-10-12(3)27(20)8-17(21(15)28)22(29)31-24/h6,8,11-12,16,19H,7,9-10,25H2,1-5H3/b15-6+,18-13-. The van der Waals surface area contributed by atoms with Crippen LogP contribution in [0.1, 0.15) is 51.0 Å². The van der Waals surface area contributed by atoms with Crippen molar-refractivity contribution in [3.8, 4) is 0 Å². The van der Waals surface area contributed by atoms with Crippen molar-refractivity contribution < 1.29 is 23.4 Å². The molecule has 2 N–H and O–H groups in total. The molecule has 2 aliphatic heterocycles. The number of ether oxygens (including phenoxy) is 1. The summed E-state index contributed by atoms with van der Waals surface area (Å²) in [6.45, 7) is 10.7. The van der Waals surface area contributed by atoms with E-state index in [2.05, 4.69) is 18.8 Å². The average molecular weight is 437 g/mol. The number of fused-ring (bicyclic) bond motifs is 1. The third-order valence-electron chi connectivity index (χ3n) is 6.27. The molecule has 1 fully saturated rings. The summed E-state index contributed by atoms with van der Waals surface area (Å²) in [6.07, 6.45) is 2.31. The van der Waals surface area contributed by atoms with E-state index in [9.17, 15) is 14.1 Å². The Labute approximate surface area is 179 Å². The zero-order valence-electron chi connectivity index (χ0n) is 18.4. The van der Waals surface area contributed by atoms with E-state index >= 15 is 4.39 Å². The highest BCUT2D eigenvalue weighted by Crippen LogP contribution is 2.27. The molecule has 2 aliphatic rings. The second kappa shape index (κ2) is 8.82. The number of likely N-dealkylation sites (tertiary alicyclic amines) is 1. The first-order chi connectivity index (χ1) is 14.6. The molecule has 0 amide bonds. The summed E-state index contributed by atoms with van der Waals surface area (Å²) in [5, 5.41) is 0.257. The number of carbonyl (C=O) groups is 1. The fourth-order valence-corrected chi connectivity index (χ4v) is 4.30. The van der Waals surface area contributed by atoms with Gasteiger partial charge >= 0.3 is 5.97 Å². The van der Waals surface area contributed by atoms with Crippen molar-refractivity contribution in [1.82, 2.24) is 9.47 Å². The fourth-order valence-electron chi connectivity index (χ4n) is 4.30. The summed E-state index contributed by atoms with van der Waals surface area (Å²) in [5.74, 6) is -1.05. The molecule has 1 aromatic rings. The summed E-state index contributed by atoms with van der Waals surface area (Å²) in [4.78, 5) is 29.9. The fraction of sp³-hybridized carbons (Fsp3) is 0.545. The van der Waals surface area contributed by atoms with E-state index in [0.29, 0.717) is 42.4 Å². The molecule has 170 valence electrons. The van der Waals surface area contributed by atoms with Gasteiger partial charge in [-0.1, -0.05) is 13.8 Å². The van der Waals surface area contributed by atoms with Gasteiger partial charge in [-0.05, 0) is 38.7 Å². The predicted octanol–water partition coefficient (Wildman–Crippen LogP) is 1.51. The van der Waals surface area contributed by atoms with Crippen molar-refractivity contribution >= 4 is 17.8 Å². The van der Waals surface area contributed by atoms with Crippen LogP contribution in [0.25, 0.3) is 11.8 Å². The maximum atomic E-state index is 15.3. The molecule has 1 saturated heterocycles. The molecule has 3 heterocycles. The van der Waals surface area contributed by atoms with E-state index in [1.165, 1.54) is 6.20 Å². The van der Waals surface area contributed by atoms with E-state index in [0.717, 1.165) is 6.08 Å². The van der Waals surface area contributed by atoms with E-state index in [1.807, 2.05) is 11.8 Å². The van der Waals surface area contributed by atoms with Crippen LogP contribution in [-0.2, 0) is 9.68 Å². The largest absolute Gasteiger partial charge is 0.494 e. The molecular weight excluding hydrogens is 408 g/mol. The monoisotopic (exact) mass is 437 g/mol. The first-order valence-electron chi connectivity index (χ1n) is 10.4. The molecule has 0 aliphatic carbocycles. The van der Waals surface area contributed by atoms with E-state index in [4.69, 9.17) is 10.5 Å². The molecular formula is C22H29F2N3O4. The molecule has 0 saturated carbocycles. The number of rotatable bonds is 4. The van der Waals surface area contributed by atoms with Crippen molar-refractivity contribution in [3.63, 3.8) is 0 Å². The van der Waals surface area contributed by atoms with Crippen LogP contribution in [0, 0.1) is 11.8 Å². The minimum absolute atomic E-state index is 0.0754. The van der Waals surface area contributed by atoms with Crippen LogP contribution in [0.4, 0.5) is 8.92 Å². The lowest BCUT2D eigenvalue weighted by Gasteiger charge is -2.25. The maximum Gasteiger partial charge on any atom is 0.384 e. The Hall–Kier alpha value is -2.68. The van der Waals surface area contributed by atoms with E-state index in [1.54, 1.807) is 18.4 Å². The lowest BCUT2D eigenvalue weighted by atomic mass is 9.92. The minimum Gasteiger partial charge on any atom is -0.494 e. The highest BCUT2D eigenvalue weighted by molar-refractivity contribution is 5.88. The van der Waals surface area contributed by atoms with Gasteiger partial charge in [-0.25, -0.2) is 14.1 Å². The van der Waals surface area contributed by atoms with Gasteiger partial charge in [0.15, 0.2) is 0 Å². The number of halogens is 2. The molecule has 31 heavy (non-hydrogen) atoms. The Morgan fingerprint density at radius 3 is 2.65 bits per heavy atom. The number of hydrogen-bond acceptors (Lipinski definition) is 6. The van der Waals surface area contributed by atoms with Gasteiger partial charge in [0, 0.05) is 35.6 Å².